The smallest absolute Gasteiger partial charge is 0.288 e. The molecule has 0 aliphatic carbocycles. The first-order chi connectivity index (χ1) is 5.96. The second kappa shape index (κ2) is 3.37. The van der Waals surface area contributed by atoms with Crippen LogP contribution < -0.4 is 0 Å². The average molecular weight is 193 g/mol. The Bertz CT molecular complexity index is 226. The van der Waals surface area contributed by atoms with Crippen molar-refractivity contribution in [1.82, 2.24) is 4.90 Å². The number of alkyl halides is 2. The van der Waals surface area contributed by atoms with E-state index in [4.69, 9.17) is 5.11 Å². The lowest BCUT2D eigenvalue weighted by atomic mass is 10.3. The summed E-state index contributed by atoms with van der Waals surface area (Å²) in [5, 5.41) is 8.23. The topological polar surface area (TPSA) is 57.6 Å². The van der Waals surface area contributed by atoms with E-state index < -0.39 is 30.9 Å². The highest BCUT2D eigenvalue weighted by Gasteiger charge is 2.38. The number of nitrogens with zero attached hydrogens (tertiary/aromatic N) is 1. The maximum Gasteiger partial charge on any atom is 0.288 e. The number of carbonyl (C=O) groups excluding carboxylic acids is 2. The molecular formula is C7H9F2NO3. The number of rotatable bonds is 3. The Labute approximate surface area is 73.1 Å². The van der Waals surface area contributed by atoms with Crippen LogP contribution in [-0.4, -0.2) is 40.9 Å². The first kappa shape index (κ1) is 10.0. The van der Waals surface area contributed by atoms with Crippen LogP contribution >= 0.6 is 0 Å². The molecule has 1 aliphatic rings. The Kier molecular flexibility index (Phi) is 2.60. The standard InChI is InChI=1S/C7H9F2NO3/c8-7(9,4-11)3-10-5(12)1-2-6(10)13/h11H,1-4H2. The Balaban J connectivity index is 2.62. The second-order valence-corrected chi connectivity index (χ2v) is 2.89. The number of amides is 2. The van der Waals surface area contributed by atoms with Crippen molar-refractivity contribution in [2.45, 2.75) is 18.8 Å². The summed E-state index contributed by atoms with van der Waals surface area (Å²) in [6.45, 7) is -2.37. The van der Waals surface area contributed by atoms with Crippen LogP contribution in [0.15, 0.2) is 0 Å². The lowest BCUT2D eigenvalue weighted by Gasteiger charge is -2.19. The van der Waals surface area contributed by atoms with E-state index in [9.17, 15) is 18.4 Å². The molecule has 1 aliphatic heterocycles. The van der Waals surface area contributed by atoms with Gasteiger partial charge in [0, 0.05) is 12.8 Å². The van der Waals surface area contributed by atoms with E-state index in [-0.39, 0.29) is 12.8 Å². The monoisotopic (exact) mass is 193 g/mol. The number of aliphatic hydroxyl groups is 1. The van der Waals surface area contributed by atoms with Crippen LogP contribution in [-0.2, 0) is 9.59 Å². The molecule has 0 aromatic rings. The molecule has 0 saturated carbocycles. The van der Waals surface area contributed by atoms with Crippen LogP contribution in [0.2, 0.25) is 0 Å². The molecule has 0 aromatic carbocycles. The van der Waals surface area contributed by atoms with Gasteiger partial charge in [-0.05, 0) is 0 Å². The maximum absolute atomic E-state index is 12.6. The molecule has 74 valence electrons. The minimum Gasteiger partial charge on any atom is -0.390 e. The molecular weight excluding hydrogens is 184 g/mol. The SMILES string of the molecule is O=C1CCC(=O)N1CC(F)(F)CO. The number of aliphatic hydroxyl groups excluding tert-OH is 1. The predicted octanol–water partition coefficient (Wildman–Crippen LogP) is -0.237. The molecule has 0 spiro atoms. The zero-order valence-electron chi connectivity index (χ0n) is 6.80. The molecule has 1 N–H and O–H groups in total. The quantitative estimate of drug-likeness (QED) is 0.629. The van der Waals surface area contributed by atoms with Gasteiger partial charge in [0.25, 0.3) is 5.92 Å². The Morgan fingerprint density at radius 1 is 1.31 bits per heavy atom. The lowest BCUT2D eigenvalue weighted by Crippen LogP contribution is -2.42. The van der Waals surface area contributed by atoms with E-state index in [0.717, 1.165) is 0 Å². The van der Waals surface area contributed by atoms with Gasteiger partial charge in [-0.3, -0.25) is 14.5 Å². The van der Waals surface area contributed by atoms with Gasteiger partial charge in [0.1, 0.15) is 6.61 Å². The van der Waals surface area contributed by atoms with Crippen molar-refractivity contribution in [3.63, 3.8) is 0 Å². The predicted molar refractivity (Wildman–Crippen MR) is 38.0 cm³/mol. The zero-order valence-corrected chi connectivity index (χ0v) is 6.80. The van der Waals surface area contributed by atoms with Crippen LogP contribution in [0.4, 0.5) is 8.78 Å². The molecule has 0 radical (unpaired) electrons. The summed E-state index contributed by atoms with van der Waals surface area (Å²) in [4.78, 5) is 22.2. The summed E-state index contributed by atoms with van der Waals surface area (Å²) >= 11 is 0. The average Bonchev–Trinajstić information content (AvgIpc) is 2.36. The van der Waals surface area contributed by atoms with Crippen molar-refractivity contribution < 1.29 is 23.5 Å². The minimum absolute atomic E-state index is 0.0135. The number of likely N-dealkylation sites (tertiary alicyclic amines) is 1. The van der Waals surface area contributed by atoms with E-state index in [2.05, 4.69) is 0 Å². The van der Waals surface area contributed by atoms with Gasteiger partial charge in [-0.2, -0.15) is 0 Å². The number of hydrogen-bond acceptors (Lipinski definition) is 3. The number of imide groups is 1. The van der Waals surface area contributed by atoms with Crippen LogP contribution in [0.3, 0.4) is 0 Å². The third-order valence-electron chi connectivity index (χ3n) is 1.78. The van der Waals surface area contributed by atoms with E-state index in [1.165, 1.54) is 0 Å². The van der Waals surface area contributed by atoms with Gasteiger partial charge in [-0.15, -0.1) is 0 Å². The summed E-state index contributed by atoms with van der Waals surface area (Å²) in [6, 6.07) is 0. The molecule has 2 amide bonds. The highest BCUT2D eigenvalue weighted by Crippen LogP contribution is 2.19. The highest BCUT2D eigenvalue weighted by molar-refractivity contribution is 6.01. The van der Waals surface area contributed by atoms with Gasteiger partial charge in [-0.25, -0.2) is 8.78 Å². The molecule has 6 heteroatoms. The summed E-state index contributed by atoms with van der Waals surface area (Å²) in [5.74, 6) is -4.59. The van der Waals surface area contributed by atoms with Crippen molar-refractivity contribution >= 4 is 11.8 Å². The van der Waals surface area contributed by atoms with Gasteiger partial charge < -0.3 is 5.11 Å². The Morgan fingerprint density at radius 3 is 2.15 bits per heavy atom. The van der Waals surface area contributed by atoms with E-state index >= 15 is 0 Å². The van der Waals surface area contributed by atoms with Gasteiger partial charge in [0.2, 0.25) is 11.8 Å². The molecule has 0 unspecified atom stereocenters. The first-order valence-electron chi connectivity index (χ1n) is 3.78. The third-order valence-corrected chi connectivity index (χ3v) is 1.78. The first-order valence-corrected chi connectivity index (χ1v) is 3.78. The van der Waals surface area contributed by atoms with Crippen molar-refractivity contribution in [3.05, 3.63) is 0 Å². The molecule has 4 nitrogen and oxygen atoms in total. The summed E-state index contributed by atoms with van der Waals surface area (Å²) in [5.41, 5.74) is 0. The van der Waals surface area contributed by atoms with Gasteiger partial charge >= 0.3 is 0 Å². The third kappa shape index (κ3) is 2.21. The largest absolute Gasteiger partial charge is 0.390 e. The highest BCUT2D eigenvalue weighted by atomic mass is 19.3. The zero-order chi connectivity index (χ0) is 10.1. The van der Waals surface area contributed by atoms with Crippen molar-refractivity contribution in [2.24, 2.45) is 0 Å². The van der Waals surface area contributed by atoms with Gasteiger partial charge in [0.15, 0.2) is 0 Å². The Morgan fingerprint density at radius 2 is 1.77 bits per heavy atom. The molecule has 0 bridgehead atoms. The fraction of sp³-hybridized carbons (Fsp3) is 0.714. The van der Waals surface area contributed by atoms with Crippen molar-refractivity contribution in [2.75, 3.05) is 13.2 Å². The van der Waals surface area contributed by atoms with Crippen LogP contribution in [0, 0.1) is 0 Å². The Hall–Kier alpha value is -1.04. The fourth-order valence-electron chi connectivity index (χ4n) is 1.08. The maximum atomic E-state index is 12.6. The number of hydrogen-bond donors (Lipinski definition) is 1. The van der Waals surface area contributed by atoms with Gasteiger partial charge in [-0.1, -0.05) is 0 Å². The summed E-state index contributed by atoms with van der Waals surface area (Å²) in [7, 11) is 0. The lowest BCUT2D eigenvalue weighted by molar-refractivity contribution is -0.146. The van der Waals surface area contributed by atoms with Crippen molar-refractivity contribution in [1.29, 1.82) is 0 Å². The summed E-state index contributed by atoms with van der Waals surface area (Å²) < 4.78 is 25.1. The summed E-state index contributed by atoms with van der Waals surface area (Å²) in [6.07, 6.45) is -0.0271. The molecule has 1 fully saturated rings. The van der Waals surface area contributed by atoms with Crippen LogP contribution in [0.5, 0.6) is 0 Å². The van der Waals surface area contributed by atoms with Gasteiger partial charge in [0.05, 0.1) is 6.54 Å². The number of halogens is 2. The number of carbonyl (C=O) groups is 2. The fourth-order valence-corrected chi connectivity index (χ4v) is 1.08. The molecule has 0 aromatic heterocycles. The molecule has 0 atom stereocenters. The second-order valence-electron chi connectivity index (χ2n) is 2.89. The minimum atomic E-state index is -3.39. The molecule has 1 saturated heterocycles. The van der Waals surface area contributed by atoms with E-state index in [0.29, 0.717) is 4.90 Å². The molecule has 13 heavy (non-hydrogen) atoms. The van der Waals surface area contributed by atoms with Crippen molar-refractivity contribution in [3.8, 4) is 0 Å². The van der Waals surface area contributed by atoms with E-state index in [1.807, 2.05) is 0 Å². The molecule has 1 heterocycles. The van der Waals surface area contributed by atoms with E-state index in [1.54, 1.807) is 0 Å². The van der Waals surface area contributed by atoms with Crippen LogP contribution in [0.25, 0.3) is 0 Å². The molecule has 1 rings (SSSR count). The normalized spacial score (nSPS) is 18.5. The van der Waals surface area contributed by atoms with Crippen LogP contribution in [0.1, 0.15) is 12.8 Å².